The Labute approximate surface area is 183 Å². The van der Waals surface area contributed by atoms with Gasteiger partial charge < -0.3 is 14.6 Å². The van der Waals surface area contributed by atoms with Crippen LogP contribution >= 0.6 is 0 Å². The highest BCUT2D eigenvalue weighted by atomic mass is 19.1. The lowest BCUT2D eigenvalue weighted by Crippen LogP contribution is -2.69. The summed E-state index contributed by atoms with van der Waals surface area (Å²) in [6.07, 6.45) is 4.98. The summed E-state index contributed by atoms with van der Waals surface area (Å²) in [6, 6.07) is 0. The average Bonchev–Trinajstić information content (AvgIpc) is 3.09. The summed E-state index contributed by atoms with van der Waals surface area (Å²) in [6.45, 7) is 9.25. The lowest BCUT2D eigenvalue weighted by atomic mass is 9.44. The van der Waals surface area contributed by atoms with E-state index < -0.39 is 46.0 Å². The minimum absolute atomic E-state index is 0.0302. The standard InChI is InChI=1S/C25H33FO5/c1-6-18(28)25-20(30-21(2,3)31-25)12-17-16-8-7-14-11-15(27)9-10-22(14,4)24(16,26)19(29)13-23(17,25)5/h9-11,16-17,19-20,29H,6-8,12-13H2,1-5H3/t16?,17?,19-,20+,22?,23?,24-,25+/m0/s1. The van der Waals surface area contributed by atoms with Gasteiger partial charge in [-0.05, 0) is 64.5 Å². The quantitative estimate of drug-likeness (QED) is 0.718. The smallest absolute Gasteiger partial charge is 0.178 e. The van der Waals surface area contributed by atoms with Crippen LogP contribution in [0.1, 0.15) is 66.7 Å². The van der Waals surface area contributed by atoms with Crippen molar-refractivity contribution in [2.24, 2.45) is 22.7 Å². The third-order valence-electron chi connectivity index (χ3n) is 9.37. The third kappa shape index (κ3) is 2.32. The summed E-state index contributed by atoms with van der Waals surface area (Å²) in [7, 11) is 0. The predicted octanol–water partition coefficient (Wildman–Crippen LogP) is 3.84. The van der Waals surface area contributed by atoms with E-state index in [2.05, 4.69) is 0 Å². The molecule has 0 aromatic carbocycles. The number of hydrogen-bond donors (Lipinski definition) is 1. The van der Waals surface area contributed by atoms with Crippen LogP contribution in [0.5, 0.6) is 0 Å². The van der Waals surface area contributed by atoms with Crippen LogP contribution < -0.4 is 0 Å². The molecule has 5 nitrogen and oxygen atoms in total. The maximum absolute atomic E-state index is 17.2. The first kappa shape index (κ1) is 21.5. The van der Waals surface area contributed by atoms with E-state index in [4.69, 9.17) is 9.47 Å². The SMILES string of the molecule is CCC(=O)[C@@]12OC(C)(C)O[C@@H]1CC1C3CCC4=CC(=O)C=CC4(C)[C@@]3(F)[C@@H](O)CC12C. The molecule has 5 aliphatic rings. The van der Waals surface area contributed by atoms with Crippen molar-refractivity contribution in [1.82, 2.24) is 0 Å². The first-order valence-corrected chi connectivity index (χ1v) is 11.6. The van der Waals surface area contributed by atoms with Crippen molar-refractivity contribution in [1.29, 1.82) is 0 Å². The second-order valence-electron chi connectivity index (χ2n) is 11.1. The lowest BCUT2D eigenvalue weighted by molar-refractivity contribution is -0.245. The van der Waals surface area contributed by atoms with Gasteiger partial charge in [-0.25, -0.2) is 4.39 Å². The molecule has 0 radical (unpaired) electrons. The van der Waals surface area contributed by atoms with Crippen LogP contribution in [0.2, 0.25) is 0 Å². The molecule has 0 amide bonds. The Morgan fingerprint density at radius 1 is 1.26 bits per heavy atom. The summed E-state index contributed by atoms with van der Waals surface area (Å²) >= 11 is 0. The van der Waals surface area contributed by atoms with Gasteiger partial charge in [0, 0.05) is 23.2 Å². The van der Waals surface area contributed by atoms with E-state index in [1.807, 2.05) is 27.7 Å². The van der Waals surface area contributed by atoms with E-state index >= 15 is 4.39 Å². The van der Waals surface area contributed by atoms with Gasteiger partial charge in [0.2, 0.25) is 0 Å². The van der Waals surface area contributed by atoms with E-state index in [9.17, 15) is 14.7 Å². The highest BCUT2D eigenvalue weighted by Gasteiger charge is 2.79. The molecular weight excluding hydrogens is 399 g/mol. The van der Waals surface area contributed by atoms with Crippen molar-refractivity contribution in [2.75, 3.05) is 0 Å². The van der Waals surface area contributed by atoms with Crippen LogP contribution in [-0.4, -0.2) is 45.9 Å². The van der Waals surface area contributed by atoms with E-state index in [-0.39, 0.29) is 23.9 Å². The van der Waals surface area contributed by atoms with Crippen LogP contribution in [-0.2, 0) is 19.1 Å². The molecule has 1 aliphatic heterocycles. The fraction of sp³-hybridized carbons (Fsp3) is 0.760. The number of alkyl halides is 1. The second-order valence-corrected chi connectivity index (χ2v) is 11.1. The van der Waals surface area contributed by atoms with Gasteiger partial charge in [-0.3, -0.25) is 9.59 Å². The summed E-state index contributed by atoms with van der Waals surface area (Å²) < 4.78 is 29.8. The number of allylic oxidation sites excluding steroid dienone is 4. The molecule has 0 spiro atoms. The summed E-state index contributed by atoms with van der Waals surface area (Å²) in [5, 5.41) is 11.4. The van der Waals surface area contributed by atoms with Crippen molar-refractivity contribution in [3.63, 3.8) is 0 Å². The number of ketones is 2. The second kappa shape index (κ2) is 6.15. The Morgan fingerprint density at radius 3 is 2.65 bits per heavy atom. The molecule has 8 atom stereocenters. The molecule has 1 saturated heterocycles. The number of carbonyl (C=O) groups is 2. The molecule has 31 heavy (non-hydrogen) atoms. The Kier molecular flexibility index (Phi) is 4.26. The average molecular weight is 433 g/mol. The zero-order valence-electron chi connectivity index (χ0n) is 19.0. The maximum atomic E-state index is 17.2. The molecular formula is C25H33FO5. The monoisotopic (exact) mass is 432 g/mol. The number of hydrogen-bond acceptors (Lipinski definition) is 5. The van der Waals surface area contributed by atoms with Crippen molar-refractivity contribution in [2.45, 2.75) is 96.0 Å². The highest BCUT2D eigenvalue weighted by Crippen LogP contribution is 2.72. The fourth-order valence-electron chi connectivity index (χ4n) is 8.07. The molecule has 4 aliphatic carbocycles. The van der Waals surface area contributed by atoms with E-state index in [0.29, 0.717) is 25.7 Å². The van der Waals surface area contributed by atoms with Crippen LogP contribution in [0.25, 0.3) is 0 Å². The van der Waals surface area contributed by atoms with Crippen molar-refractivity contribution >= 4 is 11.6 Å². The predicted molar refractivity (Wildman–Crippen MR) is 112 cm³/mol. The normalized spacial score (nSPS) is 52.1. The fourth-order valence-corrected chi connectivity index (χ4v) is 8.07. The molecule has 0 aromatic heterocycles. The zero-order chi connectivity index (χ0) is 22.6. The van der Waals surface area contributed by atoms with E-state index in [1.165, 1.54) is 12.2 Å². The number of ether oxygens (including phenoxy) is 2. The van der Waals surface area contributed by atoms with E-state index in [1.54, 1.807) is 13.0 Å². The Balaban J connectivity index is 1.64. The van der Waals surface area contributed by atoms with Crippen LogP contribution in [0.15, 0.2) is 23.8 Å². The Morgan fingerprint density at radius 2 is 1.97 bits per heavy atom. The van der Waals surface area contributed by atoms with Crippen LogP contribution in [0.4, 0.5) is 4.39 Å². The topological polar surface area (TPSA) is 72.8 Å². The minimum Gasteiger partial charge on any atom is -0.390 e. The van der Waals surface area contributed by atoms with Gasteiger partial charge in [0.25, 0.3) is 0 Å². The lowest BCUT2D eigenvalue weighted by Gasteiger charge is -2.62. The summed E-state index contributed by atoms with van der Waals surface area (Å²) in [5.74, 6) is -1.68. The number of fused-ring (bicyclic) bond motifs is 7. The summed E-state index contributed by atoms with van der Waals surface area (Å²) in [5.41, 5.74) is -4.10. The molecule has 0 bridgehead atoms. The molecule has 170 valence electrons. The molecule has 5 rings (SSSR count). The Bertz CT molecular complexity index is 923. The maximum Gasteiger partial charge on any atom is 0.178 e. The minimum atomic E-state index is -1.91. The van der Waals surface area contributed by atoms with Gasteiger partial charge in [-0.15, -0.1) is 0 Å². The molecule has 3 saturated carbocycles. The Hall–Kier alpha value is -1.37. The van der Waals surface area contributed by atoms with Gasteiger partial charge in [0.05, 0.1) is 12.2 Å². The molecule has 0 aromatic rings. The number of aliphatic hydroxyl groups is 1. The van der Waals surface area contributed by atoms with Gasteiger partial charge in [0.1, 0.15) is 0 Å². The number of rotatable bonds is 2. The van der Waals surface area contributed by atoms with Gasteiger partial charge in [0.15, 0.2) is 28.6 Å². The van der Waals surface area contributed by atoms with Gasteiger partial charge >= 0.3 is 0 Å². The van der Waals surface area contributed by atoms with Crippen LogP contribution in [0.3, 0.4) is 0 Å². The first-order valence-electron chi connectivity index (χ1n) is 11.6. The number of halogens is 1. The van der Waals surface area contributed by atoms with Crippen LogP contribution in [0, 0.1) is 22.7 Å². The number of aliphatic hydroxyl groups excluding tert-OH is 1. The number of carbonyl (C=O) groups excluding carboxylic acids is 2. The molecule has 4 fully saturated rings. The third-order valence-corrected chi connectivity index (χ3v) is 9.37. The first-order chi connectivity index (χ1) is 14.4. The zero-order valence-corrected chi connectivity index (χ0v) is 19.0. The van der Waals surface area contributed by atoms with Gasteiger partial charge in [-0.2, -0.15) is 0 Å². The largest absolute Gasteiger partial charge is 0.390 e. The van der Waals surface area contributed by atoms with Crippen molar-refractivity contribution in [3.05, 3.63) is 23.8 Å². The summed E-state index contributed by atoms with van der Waals surface area (Å²) in [4.78, 5) is 25.4. The molecule has 6 heteroatoms. The van der Waals surface area contributed by atoms with E-state index in [0.717, 1.165) is 5.57 Å². The molecule has 1 N–H and O–H groups in total. The van der Waals surface area contributed by atoms with Gasteiger partial charge in [-0.1, -0.05) is 25.5 Å². The highest BCUT2D eigenvalue weighted by molar-refractivity contribution is 6.01. The molecule has 1 heterocycles. The molecule has 4 unspecified atom stereocenters. The van der Waals surface area contributed by atoms with Crippen molar-refractivity contribution < 1.29 is 28.6 Å². The number of Topliss-reactive ketones (excluding diaryl/α,β-unsaturated/α-hetero) is 1. The van der Waals surface area contributed by atoms with Crippen molar-refractivity contribution in [3.8, 4) is 0 Å².